The molecular weight excluding hydrogens is 314 g/mol. The molecule has 0 radical (unpaired) electrons. The monoisotopic (exact) mass is 327 g/mol. The number of carbonyl (C=O) groups is 1. The lowest BCUT2D eigenvalue weighted by Gasteiger charge is -2.05. The van der Waals surface area contributed by atoms with Gasteiger partial charge in [-0.15, -0.1) is 11.3 Å². The Morgan fingerprint density at radius 2 is 2.05 bits per heavy atom. The zero-order valence-corrected chi connectivity index (χ0v) is 12.5. The highest BCUT2D eigenvalue weighted by Crippen LogP contribution is 2.10. The largest absolute Gasteiger partial charge is 0.476 e. The van der Waals surface area contributed by atoms with Crippen molar-refractivity contribution >= 4 is 27.3 Å². The quantitative estimate of drug-likeness (QED) is 0.782. The number of aromatic nitrogens is 2. The van der Waals surface area contributed by atoms with E-state index in [9.17, 15) is 13.2 Å². The molecule has 0 aromatic carbocycles. The summed E-state index contributed by atoms with van der Waals surface area (Å²) in [6.45, 7) is -0.00335. The molecule has 0 unspecified atom stereocenters. The fraction of sp³-hybridized carbons (Fsp3) is 0.250. The molecule has 21 heavy (non-hydrogen) atoms. The maximum absolute atomic E-state index is 11.9. The average Bonchev–Trinajstić information content (AvgIpc) is 2.94. The third kappa shape index (κ3) is 4.88. The van der Waals surface area contributed by atoms with Gasteiger partial charge in [-0.05, 0) is 24.1 Å². The second kappa shape index (κ2) is 6.74. The summed E-state index contributed by atoms with van der Waals surface area (Å²) in [7, 11) is -3.44. The molecule has 0 saturated carbocycles. The molecule has 0 bridgehead atoms. The van der Waals surface area contributed by atoms with Crippen LogP contribution < -0.4 is 4.72 Å². The van der Waals surface area contributed by atoms with E-state index in [0.717, 1.165) is 16.9 Å². The number of pyridine rings is 1. The molecule has 0 fully saturated rings. The van der Waals surface area contributed by atoms with Crippen LogP contribution in [0.15, 0.2) is 29.9 Å². The summed E-state index contributed by atoms with van der Waals surface area (Å²) < 4.78 is 26.1. The van der Waals surface area contributed by atoms with E-state index in [1.807, 2.05) is 0 Å². The molecule has 0 aliphatic rings. The van der Waals surface area contributed by atoms with Gasteiger partial charge in [0.25, 0.3) is 0 Å². The Kier molecular flexibility index (Phi) is 4.99. The van der Waals surface area contributed by atoms with Gasteiger partial charge in [0, 0.05) is 17.8 Å². The first-order valence-electron chi connectivity index (χ1n) is 6.00. The second-order valence-corrected chi connectivity index (χ2v) is 7.05. The molecule has 0 aliphatic carbocycles. The predicted octanol–water partition coefficient (Wildman–Crippen LogP) is 0.898. The first-order chi connectivity index (χ1) is 9.96. The molecule has 7 nitrogen and oxygen atoms in total. The van der Waals surface area contributed by atoms with Gasteiger partial charge in [0.1, 0.15) is 5.01 Å². The molecule has 0 spiro atoms. The van der Waals surface area contributed by atoms with E-state index in [1.165, 1.54) is 5.38 Å². The van der Waals surface area contributed by atoms with Gasteiger partial charge in [-0.3, -0.25) is 4.98 Å². The maximum atomic E-state index is 11.9. The van der Waals surface area contributed by atoms with Crippen LogP contribution in [0.1, 0.15) is 21.1 Å². The predicted molar refractivity (Wildman–Crippen MR) is 77.6 cm³/mol. The van der Waals surface area contributed by atoms with Crippen LogP contribution in [0, 0.1) is 0 Å². The minimum atomic E-state index is -3.44. The Morgan fingerprint density at radius 3 is 2.67 bits per heavy atom. The number of carboxylic acids is 1. The van der Waals surface area contributed by atoms with Crippen molar-refractivity contribution in [3.05, 3.63) is 46.2 Å². The Morgan fingerprint density at radius 1 is 1.33 bits per heavy atom. The number of sulfonamides is 1. The van der Waals surface area contributed by atoms with Crippen molar-refractivity contribution in [2.75, 3.05) is 5.75 Å². The summed E-state index contributed by atoms with van der Waals surface area (Å²) in [5, 5.41) is 10.5. The van der Waals surface area contributed by atoms with Crippen molar-refractivity contribution in [2.45, 2.75) is 13.0 Å². The number of carboxylic acid groups (broad SMARTS) is 1. The molecule has 0 amide bonds. The zero-order chi connectivity index (χ0) is 15.3. The highest BCUT2D eigenvalue weighted by atomic mass is 32.2. The molecule has 2 aromatic heterocycles. The molecule has 0 saturated heterocycles. The average molecular weight is 327 g/mol. The topological polar surface area (TPSA) is 109 Å². The van der Waals surface area contributed by atoms with Crippen LogP contribution in [0.2, 0.25) is 0 Å². The van der Waals surface area contributed by atoms with Gasteiger partial charge in [0.05, 0.1) is 12.3 Å². The zero-order valence-electron chi connectivity index (χ0n) is 10.9. The number of thiazole rings is 1. The van der Waals surface area contributed by atoms with Gasteiger partial charge >= 0.3 is 5.97 Å². The van der Waals surface area contributed by atoms with Crippen molar-refractivity contribution in [3.63, 3.8) is 0 Å². The number of hydrogen-bond acceptors (Lipinski definition) is 6. The van der Waals surface area contributed by atoms with Crippen molar-refractivity contribution < 1.29 is 18.3 Å². The number of hydrogen-bond donors (Lipinski definition) is 2. The molecule has 0 atom stereocenters. The molecule has 2 rings (SSSR count). The van der Waals surface area contributed by atoms with Crippen LogP contribution in [0.3, 0.4) is 0 Å². The number of aromatic carboxylic acids is 1. The van der Waals surface area contributed by atoms with E-state index in [2.05, 4.69) is 14.7 Å². The highest BCUT2D eigenvalue weighted by molar-refractivity contribution is 7.89. The van der Waals surface area contributed by atoms with Gasteiger partial charge in [-0.2, -0.15) is 0 Å². The lowest BCUT2D eigenvalue weighted by atomic mass is 10.2. The lowest BCUT2D eigenvalue weighted by Crippen LogP contribution is -2.26. The second-order valence-electron chi connectivity index (χ2n) is 4.18. The molecule has 0 aliphatic heterocycles. The third-order valence-corrected chi connectivity index (χ3v) is 4.80. The van der Waals surface area contributed by atoms with Crippen molar-refractivity contribution in [1.82, 2.24) is 14.7 Å². The standard InChI is InChI=1S/C12H13N3O4S2/c16-12(17)10-8-20-11(15-10)7-14-21(18,19)6-3-9-1-4-13-5-2-9/h1-2,4-5,8,14H,3,6-7H2,(H,16,17). The van der Waals surface area contributed by atoms with E-state index < -0.39 is 16.0 Å². The van der Waals surface area contributed by atoms with Crippen LogP contribution in [-0.2, 0) is 23.0 Å². The van der Waals surface area contributed by atoms with E-state index >= 15 is 0 Å². The van der Waals surface area contributed by atoms with Gasteiger partial charge in [0.2, 0.25) is 10.0 Å². The van der Waals surface area contributed by atoms with Crippen LogP contribution in [0.4, 0.5) is 0 Å². The van der Waals surface area contributed by atoms with Crippen LogP contribution in [0.25, 0.3) is 0 Å². The minimum Gasteiger partial charge on any atom is -0.476 e. The van der Waals surface area contributed by atoms with Gasteiger partial charge in [-0.1, -0.05) is 0 Å². The Labute approximate surface area is 125 Å². The Bertz CT molecular complexity index is 713. The molecule has 2 heterocycles. The van der Waals surface area contributed by atoms with E-state index in [0.29, 0.717) is 11.4 Å². The number of rotatable bonds is 7. The molecule has 2 N–H and O–H groups in total. The number of nitrogens with one attached hydrogen (secondary N) is 1. The van der Waals surface area contributed by atoms with Crippen molar-refractivity contribution in [3.8, 4) is 0 Å². The molecule has 112 valence electrons. The molecule has 2 aromatic rings. The van der Waals surface area contributed by atoms with Gasteiger partial charge in [0.15, 0.2) is 5.69 Å². The van der Waals surface area contributed by atoms with Crippen LogP contribution in [-0.4, -0.2) is 35.2 Å². The highest BCUT2D eigenvalue weighted by Gasteiger charge is 2.13. The van der Waals surface area contributed by atoms with Crippen molar-refractivity contribution in [2.24, 2.45) is 0 Å². The molecular formula is C12H13N3O4S2. The van der Waals surface area contributed by atoms with Crippen LogP contribution in [0.5, 0.6) is 0 Å². The van der Waals surface area contributed by atoms with Gasteiger partial charge in [-0.25, -0.2) is 22.9 Å². The lowest BCUT2D eigenvalue weighted by molar-refractivity contribution is 0.0691. The Balaban J connectivity index is 1.87. The van der Waals surface area contributed by atoms with E-state index in [4.69, 9.17) is 5.11 Å². The summed E-state index contributed by atoms with van der Waals surface area (Å²) in [4.78, 5) is 18.4. The summed E-state index contributed by atoms with van der Waals surface area (Å²) >= 11 is 1.11. The fourth-order valence-electron chi connectivity index (χ4n) is 1.54. The SMILES string of the molecule is O=C(O)c1csc(CNS(=O)(=O)CCc2ccncc2)n1. The van der Waals surface area contributed by atoms with Crippen LogP contribution >= 0.6 is 11.3 Å². The summed E-state index contributed by atoms with van der Waals surface area (Å²) in [5.74, 6) is -1.17. The Hall–Kier alpha value is -1.84. The normalized spacial score (nSPS) is 11.4. The molecule has 9 heteroatoms. The third-order valence-electron chi connectivity index (χ3n) is 2.62. The first kappa shape index (κ1) is 15.5. The van der Waals surface area contributed by atoms with E-state index in [1.54, 1.807) is 24.5 Å². The smallest absolute Gasteiger partial charge is 0.355 e. The van der Waals surface area contributed by atoms with E-state index in [-0.39, 0.29) is 18.0 Å². The maximum Gasteiger partial charge on any atom is 0.355 e. The number of nitrogens with zero attached hydrogens (tertiary/aromatic N) is 2. The fourth-order valence-corrected chi connectivity index (χ4v) is 3.34. The van der Waals surface area contributed by atoms with Crippen molar-refractivity contribution in [1.29, 1.82) is 0 Å². The summed E-state index contributed by atoms with van der Waals surface area (Å²) in [5.41, 5.74) is 0.809. The summed E-state index contributed by atoms with van der Waals surface area (Å²) in [6, 6.07) is 3.52. The minimum absolute atomic E-state index is 0.00335. The number of aryl methyl sites for hydroxylation is 1. The van der Waals surface area contributed by atoms with Gasteiger partial charge < -0.3 is 5.11 Å². The first-order valence-corrected chi connectivity index (χ1v) is 8.53. The summed E-state index contributed by atoms with van der Waals surface area (Å²) in [6.07, 6.45) is 3.60.